The highest BCUT2D eigenvalue weighted by Crippen LogP contribution is 2.30. The maximum atomic E-state index is 11.7. The molecule has 6 nitrogen and oxygen atoms in total. The molecule has 0 fully saturated rings. The van der Waals surface area contributed by atoms with Gasteiger partial charge in [-0.3, -0.25) is 4.40 Å². The molecule has 2 heterocycles. The van der Waals surface area contributed by atoms with Crippen molar-refractivity contribution < 1.29 is 13.2 Å². The van der Waals surface area contributed by atoms with Crippen molar-refractivity contribution in [3.63, 3.8) is 0 Å². The van der Waals surface area contributed by atoms with Crippen LogP contribution in [0.3, 0.4) is 0 Å². The van der Waals surface area contributed by atoms with Gasteiger partial charge in [0, 0.05) is 18.0 Å². The molecule has 0 unspecified atom stereocenters. The van der Waals surface area contributed by atoms with Gasteiger partial charge in [-0.2, -0.15) is 5.26 Å². The van der Waals surface area contributed by atoms with E-state index in [4.69, 9.17) is 4.74 Å². The van der Waals surface area contributed by atoms with Crippen LogP contribution in [0.15, 0.2) is 71.8 Å². The van der Waals surface area contributed by atoms with Gasteiger partial charge in [0.2, 0.25) is 0 Å². The number of rotatable bonds is 5. The van der Waals surface area contributed by atoms with Crippen LogP contribution >= 0.6 is 0 Å². The fourth-order valence-electron chi connectivity index (χ4n) is 3.34. The molecule has 7 heteroatoms. The lowest BCUT2D eigenvalue weighted by Crippen LogP contribution is -1.97. The molecule has 2 aromatic carbocycles. The number of nitriles is 1. The van der Waals surface area contributed by atoms with Crippen molar-refractivity contribution in [2.24, 2.45) is 0 Å². The van der Waals surface area contributed by atoms with Crippen LogP contribution in [0.25, 0.3) is 16.9 Å². The van der Waals surface area contributed by atoms with E-state index in [2.05, 4.69) is 11.1 Å². The maximum Gasteiger partial charge on any atom is 0.175 e. The number of hydrogen-bond donors (Lipinski definition) is 0. The van der Waals surface area contributed by atoms with Crippen molar-refractivity contribution in [2.45, 2.75) is 18.2 Å². The van der Waals surface area contributed by atoms with Gasteiger partial charge in [0.1, 0.15) is 17.6 Å². The molecule has 0 amide bonds. The highest BCUT2D eigenvalue weighted by atomic mass is 32.2. The summed E-state index contributed by atoms with van der Waals surface area (Å²) in [6.07, 6.45) is 3.80. The summed E-state index contributed by atoms with van der Waals surface area (Å²) in [6.45, 7) is 2.03. The zero-order valence-corrected chi connectivity index (χ0v) is 17.3. The molecule has 30 heavy (non-hydrogen) atoms. The van der Waals surface area contributed by atoms with Crippen LogP contribution in [-0.4, -0.2) is 24.1 Å². The first-order valence-electron chi connectivity index (χ1n) is 9.39. The lowest BCUT2D eigenvalue weighted by Gasteiger charge is -2.09. The Morgan fingerprint density at radius 2 is 1.83 bits per heavy atom. The fourth-order valence-corrected chi connectivity index (χ4v) is 4.00. The van der Waals surface area contributed by atoms with Gasteiger partial charge in [0.15, 0.2) is 15.5 Å². The Morgan fingerprint density at radius 3 is 2.50 bits per heavy atom. The zero-order chi connectivity index (χ0) is 21.3. The topological polar surface area (TPSA) is 84.5 Å². The summed E-state index contributed by atoms with van der Waals surface area (Å²) >= 11 is 0. The van der Waals surface area contributed by atoms with Crippen LogP contribution in [-0.2, 0) is 16.3 Å². The minimum absolute atomic E-state index is 0.211. The fraction of sp³-hybridized carbons (Fsp3) is 0.130. The van der Waals surface area contributed by atoms with Crippen molar-refractivity contribution >= 4 is 15.5 Å². The van der Waals surface area contributed by atoms with E-state index < -0.39 is 9.84 Å². The van der Waals surface area contributed by atoms with Crippen molar-refractivity contribution in [1.29, 1.82) is 5.26 Å². The second-order valence-electron chi connectivity index (χ2n) is 6.86. The molecule has 0 aliphatic carbocycles. The van der Waals surface area contributed by atoms with Crippen molar-refractivity contribution in [2.75, 3.05) is 6.26 Å². The van der Waals surface area contributed by atoms with Gasteiger partial charge in [0.25, 0.3) is 0 Å². The molecule has 4 aromatic rings. The third-order valence-electron chi connectivity index (χ3n) is 4.77. The van der Waals surface area contributed by atoms with Crippen LogP contribution in [0.2, 0.25) is 0 Å². The van der Waals surface area contributed by atoms with Gasteiger partial charge in [-0.25, -0.2) is 13.4 Å². The molecule has 150 valence electrons. The molecular weight excluding hydrogens is 398 g/mol. The van der Waals surface area contributed by atoms with Crippen LogP contribution < -0.4 is 4.74 Å². The zero-order valence-electron chi connectivity index (χ0n) is 16.5. The number of hydrogen-bond acceptors (Lipinski definition) is 5. The molecule has 0 atom stereocenters. The quantitative estimate of drug-likeness (QED) is 0.473. The molecule has 0 aliphatic heterocycles. The third-order valence-corrected chi connectivity index (χ3v) is 5.88. The predicted octanol–water partition coefficient (Wildman–Crippen LogP) is 4.63. The summed E-state index contributed by atoms with van der Waals surface area (Å²) in [4.78, 5) is 4.86. The average molecular weight is 417 g/mol. The average Bonchev–Trinajstić information content (AvgIpc) is 3.13. The van der Waals surface area contributed by atoms with E-state index in [9.17, 15) is 13.7 Å². The van der Waals surface area contributed by atoms with Gasteiger partial charge in [-0.05, 0) is 61.0 Å². The number of ether oxygens (including phenoxy) is 1. The Kier molecular flexibility index (Phi) is 5.02. The molecule has 0 spiro atoms. The maximum absolute atomic E-state index is 11.7. The van der Waals surface area contributed by atoms with Gasteiger partial charge >= 0.3 is 0 Å². The van der Waals surface area contributed by atoms with E-state index in [0.717, 1.165) is 23.4 Å². The number of pyridine rings is 1. The van der Waals surface area contributed by atoms with Crippen molar-refractivity contribution in [3.8, 4) is 28.8 Å². The number of benzene rings is 2. The van der Waals surface area contributed by atoms with Crippen molar-refractivity contribution in [3.05, 3.63) is 78.1 Å². The highest BCUT2D eigenvalue weighted by Gasteiger charge is 2.15. The van der Waals surface area contributed by atoms with E-state index in [0.29, 0.717) is 22.7 Å². The SMILES string of the molecule is CCc1nc2c(C#N)cccn2c1-c1ccc(Oc2cccc(S(C)(=O)=O)c2)cc1. The second kappa shape index (κ2) is 7.65. The van der Waals surface area contributed by atoms with Gasteiger partial charge in [-0.15, -0.1) is 0 Å². The second-order valence-corrected chi connectivity index (χ2v) is 8.88. The van der Waals surface area contributed by atoms with E-state index in [1.54, 1.807) is 18.2 Å². The summed E-state index contributed by atoms with van der Waals surface area (Å²) in [6, 6.07) is 19.7. The van der Waals surface area contributed by atoms with Gasteiger partial charge in [0.05, 0.1) is 21.8 Å². The van der Waals surface area contributed by atoms with Gasteiger partial charge in [-0.1, -0.05) is 13.0 Å². The molecule has 0 bridgehead atoms. The summed E-state index contributed by atoms with van der Waals surface area (Å²) in [5, 5.41) is 9.37. The molecule has 0 saturated heterocycles. The van der Waals surface area contributed by atoms with Crippen LogP contribution in [0.5, 0.6) is 11.5 Å². The van der Waals surface area contributed by atoms with E-state index >= 15 is 0 Å². The minimum Gasteiger partial charge on any atom is -0.457 e. The largest absolute Gasteiger partial charge is 0.457 e. The first-order valence-corrected chi connectivity index (χ1v) is 11.3. The number of aromatic nitrogens is 2. The number of fused-ring (bicyclic) bond motifs is 1. The standard InChI is InChI=1S/C23H19N3O3S/c1-3-21-22(26-13-5-6-17(15-24)23(26)25-21)16-9-11-18(12-10-16)29-19-7-4-8-20(14-19)30(2,27)28/h4-14H,3H2,1-2H3. The minimum atomic E-state index is -3.30. The number of imidazole rings is 1. The summed E-state index contributed by atoms with van der Waals surface area (Å²) in [5.41, 5.74) is 3.98. The highest BCUT2D eigenvalue weighted by molar-refractivity contribution is 7.90. The molecule has 4 rings (SSSR count). The van der Waals surface area contributed by atoms with Crippen LogP contribution in [0.4, 0.5) is 0 Å². The first-order chi connectivity index (χ1) is 14.4. The van der Waals surface area contributed by atoms with E-state index in [-0.39, 0.29) is 4.90 Å². The Morgan fingerprint density at radius 1 is 1.07 bits per heavy atom. The summed E-state index contributed by atoms with van der Waals surface area (Å²) in [7, 11) is -3.30. The lowest BCUT2D eigenvalue weighted by atomic mass is 10.1. The number of sulfone groups is 1. The van der Waals surface area contributed by atoms with Gasteiger partial charge < -0.3 is 4.74 Å². The monoisotopic (exact) mass is 417 g/mol. The third kappa shape index (κ3) is 3.65. The van der Waals surface area contributed by atoms with E-state index in [1.807, 2.05) is 47.9 Å². The Labute approximate surface area is 174 Å². The molecule has 0 saturated carbocycles. The Balaban J connectivity index is 1.69. The first kappa shape index (κ1) is 19.7. The summed E-state index contributed by atoms with van der Waals surface area (Å²) < 4.78 is 31.3. The van der Waals surface area contributed by atoms with E-state index in [1.165, 1.54) is 18.4 Å². The molecule has 2 aromatic heterocycles. The van der Waals surface area contributed by atoms with Crippen molar-refractivity contribution in [1.82, 2.24) is 9.38 Å². The normalized spacial score (nSPS) is 11.4. The smallest absolute Gasteiger partial charge is 0.175 e. The van der Waals surface area contributed by atoms with Crippen LogP contribution in [0, 0.1) is 11.3 Å². The van der Waals surface area contributed by atoms with Crippen LogP contribution in [0.1, 0.15) is 18.2 Å². The molecular formula is C23H19N3O3S. The number of aryl methyl sites for hydroxylation is 1. The molecule has 0 aliphatic rings. The molecule has 0 N–H and O–H groups in total. The number of nitrogens with zero attached hydrogens (tertiary/aromatic N) is 3. The summed E-state index contributed by atoms with van der Waals surface area (Å²) in [5.74, 6) is 1.04. The Hall–Kier alpha value is -3.63. The lowest BCUT2D eigenvalue weighted by molar-refractivity contribution is 0.481. The Bertz CT molecular complexity index is 1380. The molecule has 0 radical (unpaired) electrons. The predicted molar refractivity (Wildman–Crippen MR) is 114 cm³/mol.